The summed E-state index contributed by atoms with van der Waals surface area (Å²) in [5.41, 5.74) is 6.29. The third-order valence-electron chi connectivity index (χ3n) is 2.85. The van der Waals surface area contributed by atoms with Crippen LogP contribution in [-0.2, 0) is 0 Å². The summed E-state index contributed by atoms with van der Waals surface area (Å²) < 4.78 is 4.88. The summed E-state index contributed by atoms with van der Waals surface area (Å²) in [7, 11) is 1.75. The van der Waals surface area contributed by atoms with Crippen molar-refractivity contribution in [3.8, 4) is 0 Å². The van der Waals surface area contributed by atoms with E-state index in [4.69, 9.17) is 10.3 Å². The lowest BCUT2D eigenvalue weighted by atomic mass is 10.0. The van der Waals surface area contributed by atoms with Gasteiger partial charge in [0, 0.05) is 25.7 Å². The number of carbonyl (C=O) groups is 1. The zero-order valence-electron chi connectivity index (χ0n) is 10.9. The van der Waals surface area contributed by atoms with Crippen LogP contribution < -0.4 is 5.73 Å². The molecule has 1 unspecified atom stereocenters. The van der Waals surface area contributed by atoms with Crippen LogP contribution >= 0.6 is 0 Å². The predicted molar refractivity (Wildman–Crippen MR) is 65.6 cm³/mol. The van der Waals surface area contributed by atoms with E-state index in [1.165, 1.54) is 0 Å². The smallest absolute Gasteiger partial charge is 0.275 e. The van der Waals surface area contributed by atoms with Crippen molar-refractivity contribution in [2.24, 2.45) is 11.7 Å². The van der Waals surface area contributed by atoms with E-state index in [-0.39, 0.29) is 11.9 Å². The molecule has 0 aliphatic heterocycles. The molecule has 0 aromatic carbocycles. The van der Waals surface area contributed by atoms with E-state index in [9.17, 15) is 4.79 Å². The molecule has 0 bridgehead atoms. The number of aromatic nitrogens is 1. The quantitative estimate of drug-likeness (QED) is 0.843. The molecule has 0 spiro atoms. The molecule has 0 aliphatic rings. The van der Waals surface area contributed by atoms with Gasteiger partial charge in [-0.05, 0) is 19.3 Å². The van der Waals surface area contributed by atoms with E-state index in [2.05, 4.69) is 19.0 Å². The second-order valence-corrected chi connectivity index (χ2v) is 4.75. The second kappa shape index (κ2) is 5.82. The SMILES string of the molecule is Cc1cc(C(=O)N(C)CCC(N)C(C)C)no1. The molecule has 0 saturated carbocycles. The molecule has 0 saturated heterocycles. The van der Waals surface area contributed by atoms with Crippen molar-refractivity contribution in [3.05, 3.63) is 17.5 Å². The first kappa shape index (κ1) is 13.7. The minimum Gasteiger partial charge on any atom is -0.361 e. The summed E-state index contributed by atoms with van der Waals surface area (Å²) in [6, 6.07) is 1.76. The number of carbonyl (C=O) groups excluding carboxylic acids is 1. The van der Waals surface area contributed by atoms with Gasteiger partial charge in [0.15, 0.2) is 5.69 Å². The van der Waals surface area contributed by atoms with E-state index in [0.29, 0.717) is 23.9 Å². The maximum Gasteiger partial charge on any atom is 0.275 e. The van der Waals surface area contributed by atoms with Crippen molar-refractivity contribution in [1.29, 1.82) is 0 Å². The number of hydrogen-bond acceptors (Lipinski definition) is 4. The van der Waals surface area contributed by atoms with E-state index in [1.54, 1.807) is 24.9 Å². The number of nitrogens with two attached hydrogens (primary N) is 1. The highest BCUT2D eigenvalue weighted by atomic mass is 16.5. The van der Waals surface area contributed by atoms with Gasteiger partial charge in [0.1, 0.15) is 5.76 Å². The fourth-order valence-corrected chi connectivity index (χ4v) is 1.44. The molecule has 17 heavy (non-hydrogen) atoms. The maximum absolute atomic E-state index is 11.9. The number of amides is 1. The molecule has 1 amide bonds. The van der Waals surface area contributed by atoms with E-state index in [1.807, 2.05) is 0 Å². The number of nitrogens with zero attached hydrogens (tertiary/aromatic N) is 2. The van der Waals surface area contributed by atoms with Crippen LogP contribution in [0.2, 0.25) is 0 Å². The Morgan fingerprint density at radius 3 is 2.71 bits per heavy atom. The van der Waals surface area contributed by atoms with Crippen molar-refractivity contribution in [2.45, 2.75) is 33.2 Å². The van der Waals surface area contributed by atoms with E-state index < -0.39 is 0 Å². The van der Waals surface area contributed by atoms with Gasteiger partial charge in [-0.1, -0.05) is 19.0 Å². The van der Waals surface area contributed by atoms with Gasteiger partial charge in [-0.25, -0.2) is 0 Å². The largest absolute Gasteiger partial charge is 0.361 e. The molecule has 1 heterocycles. The summed E-state index contributed by atoms with van der Waals surface area (Å²) in [5.74, 6) is 0.936. The van der Waals surface area contributed by atoms with Crippen molar-refractivity contribution >= 4 is 5.91 Å². The standard InChI is InChI=1S/C12H21N3O2/c1-8(2)10(13)5-6-15(4)12(16)11-7-9(3)17-14-11/h7-8,10H,5-6,13H2,1-4H3. The van der Waals surface area contributed by atoms with Gasteiger partial charge in [0.2, 0.25) is 0 Å². The fraction of sp³-hybridized carbons (Fsp3) is 0.667. The zero-order chi connectivity index (χ0) is 13.0. The van der Waals surface area contributed by atoms with Gasteiger partial charge in [-0.2, -0.15) is 0 Å². The van der Waals surface area contributed by atoms with Gasteiger partial charge < -0.3 is 15.2 Å². The number of hydrogen-bond donors (Lipinski definition) is 1. The minimum absolute atomic E-state index is 0.115. The van der Waals surface area contributed by atoms with Crippen molar-refractivity contribution in [1.82, 2.24) is 10.1 Å². The second-order valence-electron chi connectivity index (χ2n) is 4.75. The first-order chi connectivity index (χ1) is 7.91. The molecule has 1 rings (SSSR count). The Kier molecular flexibility index (Phi) is 4.69. The van der Waals surface area contributed by atoms with Crippen LogP contribution in [0.25, 0.3) is 0 Å². The van der Waals surface area contributed by atoms with Crippen molar-refractivity contribution in [2.75, 3.05) is 13.6 Å². The summed E-state index contributed by atoms with van der Waals surface area (Å²) in [6.45, 7) is 6.55. The topological polar surface area (TPSA) is 72.4 Å². The minimum atomic E-state index is -0.127. The van der Waals surface area contributed by atoms with Gasteiger partial charge >= 0.3 is 0 Å². The van der Waals surface area contributed by atoms with Gasteiger partial charge in [0.05, 0.1) is 0 Å². The van der Waals surface area contributed by atoms with Crippen LogP contribution in [0.4, 0.5) is 0 Å². The van der Waals surface area contributed by atoms with Crippen LogP contribution in [0, 0.1) is 12.8 Å². The molecule has 96 valence electrons. The molecule has 5 heteroatoms. The van der Waals surface area contributed by atoms with Crippen LogP contribution in [0.3, 0.4) is 0 Å². The van der Waals surface area contributed by atoms with Gasteiger partial charge in [0.25, 0.3) is 5.91 Å². The Balaban J connectivity index is 2.48. The lowest BCUT2D eigenvalue weighted by Crippen LogP contribution is -2.34. The Morgan fingerprint density at radius 2 is 2.24 bits per heavy atom. The Hall–Kier alpha value is -1.36. The molecule has 2 N–H and O–H groups in total. The highest BCUT2D eigenvalue weighted by Gasteiger charge is 2.17. The van der Waals surface area contributed by atoms with Gasteiger partial charge in [-0.15, -0.1) is 0 Å². The Morgan fingerprint density at radius 1 is 1.59 bits per heavy atom. The monoisotopic (exact) mass is 239 g/mol. The molecule has 1 atom stereocenters. The normalized spacial score (nSPS) is 12.8. The maximum atomic E-state index is 11.9. The average Bonchev–Trinajstić information content (AvgIpc) is 2.70. The van der Waals surface area contributed by atoms with E-state index in [0.717, 1.165) is 6.42 Å². The van der Waals surface area contributed by atoms with Crippen LogP contribution in [-0.4, -0.2) is 35.6 Å². The molecule has 1 aromatic heterocycles. The summed E-state index contributed by atoms with van der Waals surface area (Å²) in [4.78, 5) is 13.5. The molecule has 0 radical (unpaired) electrons. The van der Waals surface area contributed by atoms with Gasteiger partial charge in [-0.3, -0.25) is 4.79 Å². The Labute approximate surface area is 102 Å². The summed E-state index contributed by atoms with van der Waals surface area (Å²) in [5, 5.41) is 3.70. The molecular formula is C12H21N3O2. The first-order valence-electron chi connectivity index (χ1n) is 5.86. The highest BCUT2D eigenvalue weighted by molar-refractivity contribution is 5.92. The van der Waals surface area contributed by atoms with Crippen LogP contribution in [0.1, 0.15) is 36.5 Å². The fourth-order valence-electron chi connectivity index (χ4n) is 1.44. The van der Waals surface area contributed by atoms with Crippen LogP contribution in [0.15, 0.2) is 10.6 Å². The summed E-state index contributed by atoms with van der Waals surface area (Å²) >= 11 is 0. The third-order valence-corrected chi connectivity index (χ3v) is 2.85. The van der Waals surface area contributed by atoms with Crippen molar-refractivity contribution < 1.29 is 9.32 Å². The highest BCUT2D eigenvalue weighted by Crippen LogP contribution is 2.07. The first-order valence-corrected chi connectivity index (χ1v) is 5.86. The van der Waals surface area contributed by atoms with Crippen LogP contribution in [0.5, 0.6) is 0 Å². The molecule has 0 aliphatic carbocycles. The zero-order valence-corrected chi connectivity index (χ0v) is 10.9. The molecule has 1 aromatic rings. The molecule has 0 fully saturated rings. The molecular weight excluding hydrogens is 218 g/mol. The average molecular weight is 239 g/mol. The number of rotatable bonds is 5. The lowest BCUT2D eigenvalue weighted by molar-refractivity contribution is 0.0779. The summed E-state index contributed by atoms with van der Waals surface area (Å²) in [6.07, 6.45) is 0.788. The van der Waals surface area contributed by atoms with E-state index >= 15 is 0 Å². The van der Waals surface area contributed by atoms with Crippen molar-refractivity contribution in [3.63, 3.8) is 0 Å². The lowest BCUT2D eigenvalue weighted by Gasteiger charge is -2.20. The third kappa shape index (κ3) is 3.85. The predicted octanol–water partition coefficient (Wildman–Crippen LogP) is 1.43. The Bertz CT molecular complexity index is 374. The number of aryl methyl sites for hydroxylation is 1. The molecule has 5 nitrogen and oxygen atoms in total.